The highest BCUT2D eigenvalue weighted by Gasteiger charge is 2.53. The van der Waals surface area contributed by atoms with E-state index in [-0.39, 0.29) is 0 Å². The highest BCUT2D eigenvalue weighted by atomic mass is 31.2. The maximum absolute atomic E-state index is 16.0. The molecule has 2 atom stereocenters. The molecule has 0 amide bonds. The van der Waals surface area contributed by atoms with Crippen LogP contribution in [0, 0.1) is 0 Å². The maximum atomic E-state index is 16.0. The van der Waals surface area contributed by atoms with E-state index in [4.69, 9.17) is 0 Å². The predicted octanol–water partition coefficient (Wildman–Crippen LogP) is 12.4. The molecule has 2 unspecified atom stereocenters. The molecule has 1 aliphatic carbocycles. The average Bonchev–Trinajstić information content (AvgIpc) is 3.88. The zero-order valence-corrected chi connectivity index (χ0v) is 32.3. The van der Waals surface area contributed by atoms with Crippen LogP contribution in [-0.2, 0) is 9.98 Å². The van der Waals surface area contributed by atoms with E-state index in [9.17, 15) is 0 Å². The lowest BCUT2D eigenvalue weighted by atomic mass is 9.65. The monoisotopic (exact) mass is 755 g/mol. The van der Waals surface area contributed by atoms with Gasteiger partial charge in [0.25, 0.3) is 0 Å². The van der Waals surface area contributed by atoms with Crippen molar-refractivity contribution in [3.8, 4) is 50.2 Å². The van der Waals surface area contributed by atoms with E-state index in [0.29, 0.717) is 0 Å². The normalized spacial score (nSPS) is 17.9. The minimum atomic E-state index is -3.20. The van der Waals surface area contributed by atoms with E-state index >= 15 is 4.57 Å². The fraction of sp³-hybridized carbons (Fsp3) is 0.0182. The Morgan fingerprint density at radius 3 is 1.90 bits per heavy atom. The van der Waals surface area contributed by atoms with Crippen molar-refractivity contribution in [1.29, 1.82) is 0 Å². The van der Waals surface area contributed by atoms with Crippen molar-refractivity contribution in [1.82, 2.24) is 4.57 Å². The van der Waals surface area contributed by atoms with Crippen LogP contribution in [0.15, 0.2) is 206 Å². The number of hydrogen-bond donors (Lipinski definition) is 0. The summed E-state index contributed by atoms with van der Waals surface area (Å²) in [6.45, 7) is 0. The van der Waals surface area contributed by atoms with Crippen molar-refractivity contribution in [2.75, 3.05) is 0 Å². The lowest BCUT2D eigenvalue weighted by Crippen LogP contribution is -2.33. The first-order chi connectivity index (χ1) is 28.7. The van der Waals surface area contributed by atoms with Gasteiger partial charge in [-0.25, -0.2) is 0 Å². The summed E-state index contributed by atoms with van der Waals surface area (Å²) in [5, 5.41) is 5.23. The highest BCUT2D eigenvalue weighted by molar-refractivity contribution is 7.86. The number of benzene rings is 9. The standard InChI is InChI=1S/C55H34NOP/c57-58(39-19-5-2-6-20-39)52-28-12-8-22-41(52)45-33-49-44(34-53(45)58)43-32-38(37-18-13-17-36(31-37)35-15-3-1-4-16-35)29-30-46(43)55(49)47-24-9-11-27-51(47)56-50-26-10-7-21-40(50)42-23-14-25-48(55)54(42)56/h1-34H. The van der Waals surface area contributed by atoms with Gasteiger partial charge in [-0.15, -0.1) is 0 Å². The van der Waals surface area contributed by atoms with Gasteiger partial charge in [0, 0.05) is 26.7 Å². The Bertz CT molecular complexity index is 3430. The van der Waals surface area contributed by atoms with Gasteiger partial charge in [-0.05, 0) is 103 Å². The second-order valence-corrected chi connectivity index (χ2v) is 18.6. The minimum absolute atomic E-state index is 0.626. The number of para-hydroxylation sites is 3. The first kappa shape index (κ1) is 32.1. The van der Waals surface area contributed by atoms with Crippen LogP contribution in [0.3, 0.4) is 0 Å². The lowest BCUT2D eigenvalue weighted by molar-refractivity contribution is 0.593. The Morgan fingerprint density at radius 2 is 1.02 bits per heavy atom. The van der Waals surface area contributed by atoms with Gasteiger partial charge in [-0.1, -0.05) is 170 Å². The van der Waals surface area contributed by atoms with Gasteiger partial charge < -0.3 is 9.13 Å². The number of hydrogen-bond acceptors (Lipinski definition) is 1. The number of fused-ring (bicyclic) bond motifs is 15. The second-order valence-electron chi connectivity index (χ2n) is 15.9. The first-order valence-corrected chi connectivity index (χ1v) is 21.7. The van der Waals surface area contributed by atoms with Crippen molar-refractivity contribution < 1.29 is 4.57 Å². The molecule has 270 valence electrons. The predicted molar refractivity (Wildman–Crippen MR) is 241 cm³/mol. The van der Waals surface area contributed by atoms with Gasteiger partial charge in [-0.3, -0.25) is 0 Å². The summed E-state index contributed by atoms with van der Waals surface area (Å²) in [5.41, 5.74) is 17.2. The summed E-state index contributed by atoms with van der Waals surface area (Å²) in [5.74, 6) is 0. The molecule has 9 aromatic carbocycles. The Morgan fingerprint density at radius 1 is 0.379 bits per heavy atom. The van der Waals surface area contributed by atoms with Gasteiger partial charge >= 0.3 is 0 Å². The molecule has 2 nitrogen and oxygen atoms in total. The molecule has 0 saturated carbocycles. The van der Waals surface area contributed by atoms with Crippen LogP contribution in [0.1, 0.15) is 22.3 Å². The molecule has 2 aliphatic heterocycles. The smallest absolute Gasteiger partial charge is 0.172 e. The van der Waals surface area contributed by atoms with Gasteiger partial charge in [0.1, 0.15) is 0 Å². The van der Waals surface area contributed by atoms with Gasteiger partial charge in [0.15, 0.2) is 7.14 Å². The van der Waals surface area contributed by atoms with Crippen LogP contribution in [0.2, 0.25) is 0 Å². The quantitative estimate of drug-likeness (QED) is 0.165. The van der Waals surface area contributed by atoms with Gasteiger partial charge in [-0.2, -0.15) is 0 Å². The van der Waals surface area contributed by atoms with Gasteiger partial charge in [0.2, 0.25) is 0 Å². The Kier molecular flexibility index (Phi) is 6.40. The third kappa shape index (κ3) is 3.95. The topological polar surface area (TPSA) is 22.0 Å². The highest BCUT2D eigenvalue weighted by Crippen LogP contribution is 2.63. The van der Waals surface area contributed by atoms with Crippen LogP contribution in [0.25, 0.3) is 72.0 Å². The summed E-state index contributed by atoms with van der Waals surface area (Å²) >= 11 is 0. The zero-order valence-electron chi connectivity index (χ0n) is 31.4. The number of rotatable bonds is 3. The van der Waals surface area contributed by atoms with Gasteiger partial charge in [0.05, 0.1) is 22.1 Å². The van der Waals surface area contributed by atoms with Crippen molar-refractivity contribution in [3.05, 3.63) is 229 Å². The van der Waals surface area contributed by atoms with Crippen LogP contribution < -0.4 is 15.9 Å². The van der Waals surface area contributed by atoms with Crippen LogP contribution >= 0.6 is 7.14 Å². The molecule has 3 heterocycles. The van der Waals surface area contributed by atoms with E-state index < -0.39 is 12.6 Å². The Balaban J connectivity index is 1.17. The van der Waals surface area contributed by atoms with E-state index in [1.807, 2.05) is 36.4 Å². The summed E-state index contributed by atoms with van der Waals surface area (Å²) < 4.78 is 18.5. The largest absolute Gasteiger partial charge is 0.309 e. The molecule has 13 rings (SSSR count). The minimum Gasteiger partial charge on any atom is -0.309 e. The lowest BCUT2D eigenvalue weighted by Gasteiger charge is -2.39. The molecule has 58 heavy (non-hydrogen) atoms. The zero-order chi connectivity index (χ0) is 38.2. The van der Waals surface area contributed by atoms with Crippen molar-refractivity contribution in [2.24, 2.45) is 0 Å². The molecule has 0 bridgehead atoms. The van der Waals surface area contributed by atoms with Crippen LogP contribution in [0.5, 0.6) is 0 Å². The summed E-state index contributed by atoms with van der Waals surface area (Å²) in [4.78, 5) is 0. The molecule has 3 heteroatoms. The third-order valence-electron chi connectivity index (χ3n) is 13.2. The van der Waals surface area contributed by atoms with Crippen molar-refractivity contribution >= 4 is 44.9 Å². The molecule has 0 radical (unpaired) electrons. The molecule has 3 aliphatic rings. The summed E-state index contributed by atoms with van der Waals surface area (Å²) in [7, 11) is -3.20. The third-order valence-corrected chi connectivity index (χ3v) is 16.3. The molecule has 1 spiro atoms. The molecular weight excluding hydrogens is 722 g/mol. The molecule has 0 N–H and O–H groups in total. The second kappa shape index (κ2) is 11.5. The summed E-state index contributed by atoms with van der Waals surface area (Å²) in [6.07, 6.45) is 0. The molecule has 1 aromatic heterocycles. The van der Waals surface area contributed by atoms with E-state index in [0.717, 1.165) is 38.2 Å². The Labute approximate surface area is 336 Å². The van der Waals surface area contributed by atoms with Crippen molar-refractivity contribution in [2.45, 2.75) is 5.41 Å². The first-order valence-electron chi connectivity index (χ1n) is 20.0. The van der Waals surface area contributed by atoms with Crippen LogP contribution in [0.4, 0.5) is 0 Å². The van der Waals surface area contributed by atoms with Crippen molar-refractivity contribution in [3.63, 3.8) is 0 Å². The molecule has 0 fully saturated rings. The fourth-order valence-electron chi connectivity index (χ4n) is 10.8. The maximum Gasteiger partial charge on any atom is 0.172 e. The van der Waals surface area contributed by atoms with E-state index in [1.54, 1.807) is 0 Å². The average molecular weight is 756 g/mol. The van der Waals surface area contributed by atoms with E-state index in [2.05, 4.69) is 174 Å². The molecular formula is C55H34NOP. The van der Waals surface area contributed by atoms with Crippen LogP contribution in [-0.4, -0.2) is 4.57 Å². The number of nitrogens with zero attached hydrogens (tertiary/aromatic N) is 1. The molecule has 0 saturated heterocycles. The SMILES string of the molecule is O=P1(c2ccccc2)c2ccccc2-c2cc3c(cc21)-c1cc(-c2cccc(-c4ccccc4)c2)ccc1C31c2ccccc2-n2c3ccccc3c3cccc1c32. The number of aromatic nitrogens is 1. The van der Waals surface area contributed by atoms with E-state index in [1.165, 1.54) is 72.0 Å². The fourth-order valence-corrected chi connectivity index (χ4v) is 13.9. The Hall–Kier alpha value is -6.99. The molecule has 10 aromatic rings. The summed E-state index contributed by atoms with van der Waals surface area (Å²) in [6, 6.07) is 74.6.